The van der Waals surface area contributed by atoms with E-state index in [4.69, 9.17) is 0 Å². The van der Waals surface area contributed by atoms with Crippen LogP contribution in [-0.2, 0) is 6.42 Å². The molecule has 2 unspecified atom stereocenters. The third kappa shape index (κ3) is 2.95. The van der Waals surface area contributed by atoms with Crippen molar-refractivity contribution in [2.45, 2.75) is 58.4 Å². The van der Waals surface area contributed by atoms with Gasteiger partial charge in [-0.1, -0.05) is 51.5 Å². The van der Waals surface area contributed by atoms with E-state index in [0.717, 1.165) is 6.54 Å². The van der Waals surface area contributed by atoms with Crippen molar-refractivity contribution in [3.05, 3.63) is 35.4 Å². The van der Waals surface area contributed by atoms with Gasteiger partial charge in [0.15, 0.2) is 0 Å². The van der Waals surface area contributed by atoms with Crippen LogP contribution in [0.3, 0.4) is 0 Å². The Kier molecular flexibility index (Phi) is 4.82. The van der Waals surface area contributed by atoms with Gasteiger partial charge in [0, 0.05) is 6.04 Å². The Morgan fingerprint density at radius 2 is 2.00 bits per heavy atom. The highest BCUT2D eigenvalue weighted by Gasteiger charge is 2.27. The number of likely N-dealkylation sites (N-methyl/N-ethyl adjacent to an activating group) is 1. The molecule has 0 saturated heterocycles. The molecule has 1 aliphatic rings. The first-order valence-electron chi connectivity index (χ1n) is 7.55. The summed E-state index contributed by atoms with van der Waals surface area (Å²) in [4.78, 5) is 0. The Labute approximate surface area is 112 Å². The molecule has 1 heteroatoms. The molecule has 100 valence electrons. The first-order valence-corrected chi connectivity index (χ1v) is 7.55. The highest BCUT2D eigenvalue weighted by atomic mass is 14.9. The second-order valence-corrected chi connectivity index (χ2v) is 5.88. The molecule has 18 heavy (non-hydrogen) atoms. The Hall–Kier alpha value is -0.820. The molecule has 1 nitrogen and oxygen atoms in total. The van der Waals surface area contributed by atoms with Crippen molar-refractivity contribution in [3.8, 4) is 0 Å². The van der Waals surface area contributed by atoms with Gasteiger partial charge in [-0.15, -0.1) is 0 Å². The predicted molar refractivity (Wildman–Crippen MR) is 79.0 cm³/mol. The molecule has 1 aromatic carbocycles. The van der Waals surface area contributed by atoms with Crippen molar-refractivity contribution < 1.29 is 0 Å². The summed E-state index contributed by atoms with van der Waals surface area (Å²) in [6.07, 6.45) is 5.33. The molecule has 0 amide bonds. The summed E-state index contributed by atoms with van der Waals surface area (Å²) in [5.41, 5.74) is 3.19. The third-order valence-electron chi connectivity index (χ3n) is 4.26. The maximum atomic E-state index is 3.72. The standard InChI is InChI=1S/C17H27N/c1-4-18-17(13(2)3)16-12-8-6-10-14-9-5-7-11-15(14)16/h5,7,9,11,13,16-18H,4,6,8,10,12H2,1-3H3. The minimum absolute atomic E-state index is 0.620. The van der Waals surface area contributed by atoms with Crippen molar-refractivity contribution >= 4 is 0 Å². The summed E-state index contributed by atoms with van der Waals surface area (Å²) < 4.78 is 0. The lowest BCUT2D eigenvalue weighted by Crippen LogP contribution is -2.39. The minimum Gasteiger partial charge on any atom is -0.313 e. The van der Waals surface area contributed by atoms with Crippen LogP contribution in [0.4, 0.5) is 0 Å². The minimum atomic E-state index is 0.620. The zero-order chi connectivity index (χ0) is 13.0. The topological polar surface area (TPSA) is 12.0 Å². The number of fused-ring (bicyclic) bond motifs is 1. The van der Waals surface area contributed by atoms with Crippen LogP contribution in [0.1, 0.15) is 57.1 Å². The smallest absolute Gasteiger partial charge is 0.0159 e. The lowest BCUT2D eigenvalue weighted by molar-refractivity contribution is 0.333. The van der Waals surface area contributed by atoms with E-state index >= 15 is 0 Å². The fourth-order valence-electron chi connectivity index (χ4n) is 3.41. The lowest BCUT2D eigenvalue weighted by Gasteiger charge is -2.31. The Morgan fingerprint density at radius 3 is 2.72 bits per heavy atom. The number of benzene rings is 1. The highest BCUT2D eigenvalue weighted by molar-refractivity contribution is 5.32. The largest absolute Gasteiger partial charge is 0.313 e. The highest BCUT2D eigenvalue weighted by Crippen LogP contribution is 2.35. The zero-order valence-electron chi connectivity index (χ0n) is 12.1. The number of hydrogen-bond acceptors (Lipinski definition) is 1. The number of rotatable bonds is 4. The maximum absolute atomic E-state index is 3.72. The van der Waals surface area contributed by atoms with Gasteiger partial charge in [0.05, 0.1) is 0 Å². The number of nitrogens with one attached hydrogen (secondary N) is 1. The molecule has 0 saturated carbocycles. The summed E-state index contributed by atoms with van der Waals surface area (Å²) >= 11 is 0. The van der Waals surface area contributed by atoms with Crippen LogP contribution >= 0.6 is 0 Å². The molecule has 2 atom stereocenters. The summed E-state index contributed by atoms with van der Waals surface area (Å²) in [6, 6.07) is 9.71. The quantitative estimate of drug-likeness (QED) is 0.786. The summed E-state index contributed by atoms with van der Waals surface area (Å²) in [6.45, 7) is 7.99. The third-order valence-corrected chi connectivity index (χ3v) is 4.26. The van der Waals surface area contributed by atoms with Gasteiger partial charge in [0.25, 0.3) is 0 Å². The zero-order valence-corrected chi connectivity index (χ0v) is 12.1. The SMILES string of the molecule is CCNC(C(C)C)C1CCCCc2ccccc21. The molecule has 0 aromatic heterocycles. The molecule has 0 bridgehead atoms. The van der Waals surface area contributed by atoms with E-state index in [-0.39, 0.29) is 0 Å². The summed E-state index contributed by atoms with van der Waals surface area (Å²) in [5.74, 6) is 1.39. The Bertz CT molecular complexity index is 370. The molecule has 0 fully saturated rings. The second kappa shape index (κ2) is 6.38. The molecule has 0 heterocycles. The number of hydrogen-bond donors (Lipinski definition) is 1. The van der Waals surface area contributed by atoms with Crippen molar-refractivity contribution in [1.82, 2.24) is 5.32 Å². The van der Waals surface area contributed by atoms with Crippen LogP contribution < -0.4 is 5.32 Å². The van der Waals surface area contributed by atoms with Crippen molar-refractivity contribution in [2.24, 2.45) is 5.92 Å². The van der Waals surface area contributed by atoms with Gasteiger partial charge < -0.3 is 5.32 Å². The molecule has 0 aliphatic heterocycles. The number of aryl methyl sites for hydroxylation is 1. The van der Waals surface area contributed by atoms with E-state index in [2.05, 4.69) is 50.4 Å². The molecule has 0 spiro atoms. The molecular weight excluding hydrogens is 218 g/mol. The Morgan fingerprint density at radius 1 is 1.22 bits per heavy atom. The fraction of sp³-hybridized carbons (Fsp3) is 0.647. The van der Waals surface area contributed by atoms with E-state index in [1.165, 1.54) is 25.7 Å². The molecular formula is C17H27N. The molecule has 0 radical (unpaired) electrons. The first kappa shape index (κ1) is 13.6. The van der Waals surface area contributed by atoms with Crippen molar-refractivity contribution in [3.63, 3.8) is 0 Å². The van der Waals surface area contributed by atoms with E-state index in [0.29, 0.717) is 17.9 Å². The van der Waals surface area contributed by atoms with Crippen molar-refractivity contribution in [2.75, 3.05) is 6.54 Å². The lowest BCUT2D eigenvalue weighted by atomic mass is 9.81. The van der Waals surface area contributed by atoms with Gasteiger partial charge in [-0.05, 0) is 48.8 Å². The molecule has 2 rings (SSSR count). The molecule has 1 aromatic rings. The average Bonchev–Trinajstić information content (AvgIpc) is 2.58. The summed E-state index contributed by atoms with van der Waals surface area (Å²) in [7, 11) is 0. The van der Waals surface area contributed by atoms with Gasteiger partial charge in [0.2, 0.25) is 0 Å². The van der Waals surface area contributed by atoms with Gasteiger partial charge in [0.1, 0.15) is 0 Å². The van der Waals surface area contributed by atoms with Crippen LogP contribution in [-0.4, -0.2) is 12.6 Å². The predicted octanol–water partition coefficient (Wildman–Crippen LogP) is 4.13. The van der Waals surface area contributed by atoms with Crippen LogP contribution in [0.15, 0.2) is 24.3 Å². The fourth-order valence-corrected chi connectivity index (χ4v) is 3.41. The normalized spacial score (nSPS) is 21.4. The van der Waals surface area contributed by atoms with Gasteiger partial charge in [-0.3, -0.25) is 0 Å². The molecule has 1 aliphatic carbocycles. The van der Waals surface area contributed by atoms with E-state index in [1.54, 1.807) is 11.1 Å². The first-order chi connectivity index (χ1) is 8.74. The van der Waals surface area contributed by atoms with Gasteiger partial charge in [-0.25, -0.2) is 0 Å². The summed E-state index contributed by atoms with van der Waals surface area (Å²) in [5, 5.41) is 3.72. The second-order valence-electron chi connectivity index (χ2n) is 5.88. The van der Waals surface area contributed by atoms with Crippen LogP contribution in [0, 0.1) is 5.92 Å². The van der Waals surface area contributed by atoms with E-state index in [1.807, 2.05) is 0 Å². The average molecular weight is 245 g/mol. The molecule has 1 N–H and O–H groups in total. The van der Waals surface area contributed by atoms with Crippen molar-refractivity contribution in [1.29, 1.82) is 0 Å². The van der Waals surface area contributed by atoms with Gasteiger partial charge >= 0.3 is 0 Å². The van der Waals surface area contributed by atoms with E-state index < -0.39 is 0 Å². The van der Waals surface area contributed by atoms with Gasteiger partial charge in [-0.2, -0.15) is 0 Å². The van der Waals surface area contributed by atoms with Crippen LogP contribution in [0.25, 0.3) is 0 Å². The van der Waals surface area contributed by atoms with E-state index in [9.17, 15) is 0 Å². The monoisotopic (exact) mass is 245 g/mol. The maximum Gasteiger partial charge on any atom is 0.0159 e. The van der Waals surface area contributed by atoms with Crippen LogP contribution in [0.2, 0.25) is 0 Å². The Balaban J connectivity index is 2.30. The van der Waals surface area contributed by atoms with Crippen LogP contribution in [0.5, 0.6) is 0 Å².